The first-order valence-corrected chi connectivity index (χ1v) is 9.11. The summed E-state index contributed by atoms with van der Waals surface area (Å²) in [7, 11) is -1.64. The van der Waals surface area contributed by atoms with Gasteiger partial charge in [-0.2, -0.15) is 0 Å². The predicted molar refractivity (Wildman–Crippen MR) is 73.6 cm³/mol. The molecule has 1 saturated carbocycles. The zero-order valence-electron chi connectivity index (χ0n) is 11.2. The maximum atomic E-state index is 3.78. The molecule has 1 fully saturated rings. The fourth-order valence-electron chi connectivity index (χ4n) is 2.99. The van der Waals surface area contributed by atoms with Crippen LogP contribution in [0.3, 0.4) is 0 Å². The summed E-state index contributed by atoms with van der Waals surface area (Å²) in [6.45, 7) is 9.88. The van der Waals surface area contributed by atoms with E-state index in [1.54, 1.807) is 0 Å². The summed E-state index contributed by atoms with van der Waals surface area (Å²) in [5.74, 6) is 0. The summed E-state index contributed by atoms with van der Waals surface area (Å²) in [5, 5.41) is 0. The Bertz CT molecular complexity index is 164. The van der Waals surface area contributed by atoms with E-state index in [-0.39, 0.29) is 0 Å². The Morgan fingerprint density at radius 3 is 1.62 bits per heavy atom. The van der Waals surface area contributed by atoms with Gasteiger partial charge in [0.1, 0.15) is 0 Å². The maximum absolute atomic E-state index is 3.78. The second-order valence-corrected chi connectivity index (χ2v) is 8.23. The highest BCUT2D eigenvalue weighted by molar-refractivity contribution is 6.74. The van der Waals surface area contributed by atoms with Crippen molar-refractivity contribution in [1.82, 2.24) is 14.9 Å². The van der Waals surface area contributed by atoms with Crippen LogP contribution in [-0.2, 0) is 0 Å². The van der Waals surface area contributed by atoms with Crippen LogP contribution in [0.15, 0.2) is 0 Å². The molecule has 1 aliphatic rings. The average molecular weight is 243 g/mol. The minimum Gasteiger partial charge on any atom is -0.313 e. The Morgan fingerprint density at radius 2 is 1.25 bits per heavy atom. The first-order valence-electron chi connectivity index (χ1n) is 7.04. The average Bonchev–Trinajstić information content (AvgIpc) is 2.31. The molecule has 0 aliphatic heterocycles. The largest absolute Gasteiger partial charge is 0.313 e. The van der Waals surface area contributed by atoms with Crippen LogP contribution >= 0.6 is 0 Å². The number of nitrogens with one attached hydrogen (secondary N) is 3. The zero-order valence-corrected chi connectivity index (χ0v) is 12.2. The third-order valence-electron chi connectivity index (χ3n) is 3.58. The van der Waals surface area contributed by atoms with E-state index in [0.717, 1.165) is 25.2 Å². The third kappa shape index (κ3) is 3.55. The SMILES string of the molecule is CCN[Si](NCC)(NCC)C1CCCCC1. The van der Waals surface area contributed by atoms with Crippen LogP contribution in [0.4, 0.5) is 0 Å². The van der Waals surface area contributed by atoms with Gasteiger partial charge in [-0.05, 0) is 38.0 Å². The van der Waals surface area contributed by atoms with Crippen LogP contribution in [0.2, 0.25) is 5.54 Å². The summed E-state index contributed by atoms with van der Waals surface area (Å²) in [6.07, 6.45) is 7.08. The van der Waals surface area contributed by atoms with E-state index in [1.165, 1.54) is 32.1 Å². The van der Waals surface area contributed by atoms with Gasteiger partial charge in [0, 0.05) is 0 Å². The van der Waals surface area contributed by atoms with Crippen LogP contribution in [0.1, 0.15) is 52.9 Å². The minimum atomic E-state index is -1.64. The molecule has 96 valence electrons. The second kappa shape index (κ2) is 7.43. The highest BCUT2D eigenvalue weighted by Gasteiger charge is 2.41. The Kier molecular flexibility index (Phi) is 6.57. The molecule has 0 heterocycles. The summed E-state index contributed by atoms with van der Waals surface area (Å²) in [6, 6.07) is 0. The minimum absolute atomic E-state index is 0.862. The molecule has 0 unspecified atom stereocenters. The van der Waals surface area contributed by atoms with E-state index in [4.69, 9.17) is 0 Å². The Hall–Kier alpha value is 0.0969. The molecule has 0 aromatic rings. The molecule has 16 heavy (non-hydrogen) atoms. The molecule has 0 saturated heterocycles. The first kappa shape index (κ1) is 14.2. The quantitative estimate of drug-likeness (QED) is 0.599. The molecule has 0 aromatic carbocycles. The Balaban J connectivity index is 2.70. The van der Waals surface area contributed by atoms with E-state index < -0.39 is 8.56 Å². The summed E-state index contributed by atoms with van der Waals surface area (Å²) < 4.78 is 0. The molecule has 3 nitrogen and oxygen atoms in total. The highest BCUT2D eigenvalue weighted by atomic mass is 28.4. The van der Waals surface area contributed by atoms with E-state index in [0.29, 0.717) is 0 Å². The number of hydrogen-bond donors (Lipinski definition) is 3. The van der Waals surface area contributed by atoms with Crippen LogP contribution in [-0.4, -0.2) is 28.2 Å². The lowest BCUT2D eigenvalue weighted by Crippen LogP contribution is -2.74. The van der Waals surface area contributed by atoms with Crippen molar-refractivity contribution in [3.05, 3.63) is 0 Å². The van der Waals surface area contributed by atoms with E-state index in [9.17, 15) is 0 Å². The number of rotatable bonds is 7. The number of hydrogen-bond acceptors (Lipinski definition) is 3. The van der Waals surface area contributed by atoms with Gasteiger partial charge in [0.25, 0.3) is 8.56 Å². The molecule has 0 bridgehead atoms. The van der Waals surface area contributed by atoms with Crippen molar-refractivity contribution in [3.8, 4) is 0 Å². The van der Waals surface area contributed by atoms with Gasteiger partial charge in [-0.15, -0.1) is 0 Å². The lowest BCUT2D eigenvalue weighted by molar-refractivity contribution is 0.470. The van der Waals surface area contributed by atoms with Crippen molar-refractivity contribution in [2.24, 2.45) is 0 Å². The second-order valence-electron chi connectivity index (χ2n) is 4.73. The monoisotopic (exact) mass is 243 g/mol. The molecular formula is C12H29N3Si. The lowest BCUT2D eigenvalue weighted by atomic mass is 10.0. The van der Waals surface area contributed by atoms with Gasteiger partial charge in [0.05, 0.1) is 0 Å². The van der Waals surface area contributed by atoms with Gasteiger partial charge < -0.3 is 14.9 Å². The van der Waals surface area contributed by atoms with Crippen molar-refractivity contribution < 1.29 is 0 Å². The van der Waals surface area contributed by atoms with E-state index in [2.05, 4.69) is 35.7 Å². The molecule has 1 aliphatic carbocycles. The van der Waals surface area contributed by atoms with Crippen molar-refractivity contribution in [2.45, 2.75) is 58.4 Å². The molecular weight excluding hydrogens is 214 g/mol. The van der Waals surface area contributed by atoms with Crippen molar-refractivity contribution in [3.63, 3.8) is 0 Å². The standard InChI is InChI=1S/C12H29N3Si/c1-4-13-16(14-5-2,15-6-3)12-10-8-7-9-11-12/h12-15H,4-11H2,1-3H3. The molecule has 4 heteroatoms. The fourth-order valence-corrected chi connectivity index (χ4v) is 7.18. The van der Waals surface area contributed by atoms with Crippen LogP contribution in [0.25, 0.3) is 0 Å². The van der Waals surface area contributed by atoms with Gasteiger partial charge in [-0.25, -0.2) is 0 Å². The molecule has 0 radical (unpaired) electrons. The fraction of sp³-hybridized carbons (Fsp3) is 1.00. The molecule has 1 rings (SSSR count). The Labute approximate surface area is 102 Å². The van der Waals surface area contributed by atoms with Gasteiger partial charge in [-0.3, -0.25) is 0 Å². The highest BCUT2D eigenvalue weighted by Crippen LogP contribution is 2.33. The van der Waals surface area contributed by atoms with Gasteiger partial charge in [-0.1, -0.05) is 40.0 Å². The van der Waals surface area contributed by atoms with Crippen molar-refractivity contribution in [2.75, 3.05) is 19.6 Å². The van der Waals surface area contributed by atoms with Gasteiger partial charge in [0.2, 0.25) is 0 Å². The van der Waals surface area contributed by atoms with Crippen LogP contribution < -0.4 is 14.9 Å². The maximum Gasteiger partial charge on any atom is 0.284 e. The molecule has 0 aromatic heterocycles. The van der Waals surface area contributed by atoms with E-state index in [1.807, 2.05) is 0 Å². The van der Waals surface area contributed by atoms with Gasteiger partial charge in [0.15, 0.2) is 0 Å². The molecule has 0 atom stereocenters. The molecule has 0 amide bonds. The van der Waals surface area contributed by atoms with E-state index >= 15 is 0 Å². The van der Waals surface area contributed by atoms with Gasteiger partial charge >= 0.3 is 0 Å². The first-order chi connectivity index (χ1) is 7.79. The smallest absolute Gasteiger partial charge is 0.284 e. The summed E-state index contributed by atoms with van der Waals surface area (Å²) in [5.41, 5.74) is 0.862. The van der Waals surface area contributed by atoms with Crippen molar-refractivity contribution >= 4 is 8.56 Å². The van der Waals surface area contributed by atoms with Crippen LogP contribution in [0, 0.1) is 0 Å². The lowest BCUT2D eigenvalue weighted by Gasteiger charge is -2.41. The third-order valence-corrected chi connectivity index (χ3v) is 8.12. The van der Waals surface area contributed by atoms with Crippen molar-refractivity contribution in [1.29, 1.82) is 0 Å². The Morgan fingerprint density at radius 1 is 0.812 bits per heavy atom. The topological polar surface area (TPSA) is 36.1 Å². The normalized spacial score (nSPS) is 18.9. The van der Waals surface area contributed by atoms with Crippen LogP contribution in [0.5, 0.6) is 0 Å². The summed E-state index contributed by atoms with van der Waals surface area (Å²) in [4.78, 5) is 11.4. The predicted octanol–water partition coefficient (Wildman–Crippen LogP) is 2.09. The molecule has 3 N–H and O–H groups in total. The summed E-state index contributed by atoms with van der Waals surface area (Å²) >= 11 is 0. The zero-order chi connectivity index (χ0) is 11.9. The molecule has 0 spiro atoms.